The molecule has 1 saturated carbocycles. The Balaban J connectivity index is 1.20. The summed E-state index contributed by atoms with van der Waals surface area (Å²) < 4.78 is 20.0. The highest BCUT2D eigenvalue weighted by Crippen LogP contribution is 2.65. The third-order valence-corrected chi connectivity index (χ3v) is 12.4. The van der Waals surface area contributed by atoms with E-state index in [0.717, 1.165) is 15.5 Å². The van der Waals surface area contributed by atoms with E-state index in [1.54, 1.807) is 36.4 Å². The molecule has 3 N–H and O–H groups in total. The van der Waals surface area contributed by atoms with Gasteiger partial charge in [0.25, 0.3) is 11.8 Å². The largest absolute Gasteiger partial charge is 0.508 e. The maximum absolute atomic E-state index is 15.4. The van der Waals surface area contributed by atoms with Crippen molar-refractivity contribution in [3.63, 3.8) is 0 Å². The number of nitrogens with one attached hydrogen (secondary N) is 1. The number of carboxylic acid groups (broad SMARTS) is 1. The molecule has 9 rings (SSSR count). The molecule has 4 aliphatic rings. The van der Waals surface area contributed by atoms with Crippen molar-refractivity contribution in [2.24, 2.45) is 23.7 Å². The molecule has 2 heterocycles. The third-order valence-electron chi connectivity index (χ3n) is 12.2. The summed E-state index contributed by atoms with van der Waals surface area (Å²) in [6.45, 7) is 0.217. The van der Waals surface area contributed by atoms with Gasteiger partial charge in [-0.05, 0) is 90.6 Å². The van der Waals surface area contributed by atoms with Crippen molar-refractivity contribution in [1.82, 2.24) is 5.01 Å². The normalized spacial score (nSPS) is 24.6. The summed E-state index contributed by atoms with van der Waals surface area (Å²) in [7, 11) is 0. The maximum Gasteiger partial charge on any atom is 0.335 e. The van der Waals surface area contributed by atoms with Crippen molar-refractivity contribution in [2.75, 3.05) is 10.3 Å². The van der Waals surface area contributed by atoms with E-state index in [1.807, 2.05) is 36.4 Å². The molecular formula is C46H35ClFN3O8. The highest BCUT2D eigenvalue weighted by Gasteiger charge is 2.70. The van der Waals surface area contributed by atoms with Crippen molar-refractivity contribution >= 4 is 52.6 Å². The van der Waals surface area contributed by atoms with Gasteiger partial charge in [-0.25, -0.2) is 9.18 Å². The van der Waals surface area contributed by atoms with Crippen LogP contribution in [0.5, 0.6) is 11.5 Å². The Kier molecular flexibility index (Phi) is 9.31. The zero-order chi connectivity index (χ0) is 41.2. The van der Waals surface area contributed by atoms with E-state index in [2.05, 4.69) is 5.43 Å². The lowest BCUT2D eigenvalue weighted by Gasteiger charge is -2.50. The molecule has 5 aromatic rings. The van der Waals surface area contributed by atoms with Crippen LogP contribution in [0.2, 0.25) is 5.02 Å². The smallest absolute Gasteiger partial charge is 0.335 e. The third kappa shape index (κ3) is 6.13. The van der Waals surface area contributed by atoms with E-state index in [4.69, 9.17) is 16.3 Å². The molecule has 6 unspecified atom stereocenters. The van der Waals surface area contributed by atoms with Crippen molar-refractivity contribution in [3.8, 4) is 11.5 Å². The van der Waals surface area contributed by atoms with E-state index in [0.29, 0.717) is 27.5 Å². The fourth-order valence-electron chi connectivity index (χ4n) is 9.63. The number of phenols is 1. The van der Waals surface area contributed by atoms with Gasteiger partial charge in [0.05, 0.1) is 40.1 Å². The van der Waals surface area contributed by atoms with Gasteiger partial charge in [-0.15, -0.1) is 0 Å². The number of rotatable bonds is 9. The fraction of sp³-hybridized carbons (Fsp3) is 0.196. The second-order valence-electron chi connectivity index (χ2n) is 15.2. The molecule has 13 heteroatoms. The zero-order valence-corrected chi connectivity index (χ0v) is 31.9. The molecule has 2 aliphatic carbocycles. The van der Waals surface area contributed by atoms with Crippen LogP contribution in [0.25, 0.3) is 0 Å². The van der Waals surface area contributed by atoms with Gasteiger partial charge < -0.3 is 14.9 Å². The van der Waals surface area contributed by atoms with E-state index < -0.39 is 70.4 Å². The second-order valence-corrected chi connectivity index (χ2v) is 15.7. The number of hydrogen-bond acceptors (Lipinski definition) is 8. The Bertz CT molecular complexity index is 2580. The molecule has 0 radical (unpaired) electrons. The zero-order valence-electron chi connectivity index (χ0n) is 31.1. The van der Waals surface area contributed by atoms with Crippen LogP contribution in [0.15, 0.2) is 133 Å². The summed E-state index contributed by atoms with van der Waals surface area (Å²) >= 11 is 6.39. The first kappa shape index (κ1) is 37.8. The Morgan fingerprint density at radius 3 is 2.31 bits per heavy atom. The standard InChI is InChI=1S/C46H35ClFN3O8/c47-28-11-9-27(10-12-28)46-37(42(54)51(45(46)58)49-30-15-13-29(48)14-16-30)23-36-33(40(46)34-18-17-32(22-38(34)52)59-24-25-5-2-1-3-6-25)19-20-35-39(36)43(55)50(41(35)53)31-8-4-7-26(21-31)44(56)57/h1-19,21-22,35-37,39-40,49,52H,20,23-24H2,(H,56,57). The van der Waals surface area contributed by atoms with Crippen LogP contribution in [0, 0.1) is 29.5 Å². The van der Waals surface area contributed by atoms with Crippen LogP contribution in [-0.2, 0) is 31.2 Å². The van der Waals surface area contributed by atoms with E-state index >= 15 is 4.79 Å². The number of benzene rings is 5. The summed E-state index contributed by atoms with van der Waals surface area (Å²) in [5.74, 6) is -8.69. The first-order valence-electron chi connectivity index (χ1n) is 19.0. The number of carbonyl (C=O) groups excluding carboxylic acids is 4. The van der Waals surface area contributed by atoms with E-state index in [1.165, 1.54) is 54.6 Å². The van der Waals surface area contributed by atoms with Crippen molar-refractivity contribution < 1.29 is 43.3 Å². The number of aromatic carboxylic acids is 1. The lowest BCUT2D eigenvalue weighted by atomic mass is 9.49. The number of anilines is 2. The number of phenolic OH excluding ortho intramolecular Hbond substituents is 1. The summed E-state index contributed by atoms with van der Waals surface area (Å²) in [6.07, 6.45) is 1.92. The molecule has 0 bridgehead atoms. The van der Waals surface area contributed by atoms with Crippen molar-refractivity contribution in [3.05, 3.63) is 166 Å². The summed E-state index contributed by atoms with van der Waals surface area (Å²) in [4.78, 5) is 72.0. The van der Waals surface area contributed by atoms with Gasteiger partial charge in [-0.1, -0.05) is 77.8 Å². The molecular weight excluding hydrogens is 777 g/mol. The predicted molar refractivity (Wildman–Crippen MR) is 214 cm³/mol. The van der Waals surface area contributed by atoms with Crippen LogP contribution < -0.4 is 15.1 Å². The highest BCUT2D eigenvalue weighted by molar-refractivity contribution is 6.30. The average molecular weight is 812 g/mol. The molecule has 4 amide bonds. The number of halogens is 2. The Morgan fingerprint density at radius 2 is 1.59 bits per heavy atom. The number of nitrogens with zero attached hydrogens (tertiary/aromatic N) is 2. The number of hydrazine groups is 1. The second kappa shape index (κ2) is 14.5. The van der Waals surface area contributed by atoms with E-state index in [9.17, 15) is 33.8 Å². The molecule has 0 spiro atoms. The lowest BCUT2D eigenvalue weighted by molar-refractivity contribution is -0.138. The minimum absolute atomic E-state index is 0.0284. The predicted octanol–water partition coefficient (Wildman–Crippen LogP) is 7.65. The summed E-state index contributed by atoms with van der Waals surface area (Å²) in [5, 5.41) is 23.0. The van der Waals surface area contributed by atoms with Crippen LogP contribution in [0.1, 0.15) is 45.8 Å². The number of allylic oxidation sites excluding steroid dienone is 2. The van der Waals surface area contributed by atoms with Gasteiger partial charge in [-0.3, -0.25) is 29.5 Å². The van der Waals surface area contributed by atoms with Crippen molar-refractivity contribution in [2.45, 2.75) is 30.8 Å². The minimum atomic E-state index is -1.71. The number of carbonyl (C=O) groups is 5. The molecule has 5 aromatic carbocycles. The van der Waals surface area contributed by atoms with E-state index in [-0.39, 0.29) is 42.1 Å². The van der Waals surface area contributed by atoms with Crippen LogP contribution in [-0.4, -0.2) is 44.8 Å². The first-order chi connectivity index (χ1) is 28.5. The Hall–Kier alpha value is -6.79. The molecule has 0 aromatic heterocycles. The summed E-state index contributed by atoms with van der Waals surface area (Å²) in [6, 6.07) is 31.6. The molecule has 2 aliphatic heterocycles. The van der Waals surface area contributed by atoms with Crippen LogP contribution in [0.4, 0.5) is 15.8 Å². The van der Waals surface area contributed by atoms with Gasteiger partial charge in [0.1, 0.15) is 23.9 Å². The molecule has 59 heavy (non-hydrogen) atoms. The Morgan fingerprint density at radius 1 is 0.847 bits per heavy atom. The SMILES string of the molecule is O=C(O)c1cccc(N2C(=O)C3CC=C4C(CC5C(=O)N(Nc6ccc(F)cc6)C(=O)C5(c5ccc(Cl)cc5)C4c4ccc(OCc5ccccc5)cc4O)C3C2=O)c1. The number of carboxylic acids is 1. The number of imide groups is 2. The monoisotopic (exact) mass is 811 g/mol. The van der Waals surface area contributed by atoms with Gasteiger partial charge in [0.15, 0.2) is 0 Å². The fourth-order valence-corrected chi connectivity index (χ4v) is 9.76. The number of amides is 4. The molecule has 3 fully saturated rings. The number of ether oxygens (including phenoxy) is 1. The minimum Gasteiger partial charge on any atom is -0.508 e. The van der Waals surface area contributed by atoms with Crippen LogP contribution in [0.3, 0.4) is 0 Å². The number of aromatic hydroxyl groups is 1. The molecule has 6 atom stereocenters. The molecule has 2 saturated heterocycles. The van der Waals surface area contributed by atoms with Gasteiger partial charge >= 0.3 is 5.97 Å². The quantitative estimate of drug-likeness (QED) is 0.101. The Labute approximate surface area is 342 Å². The lowest BCUT2D eigenvalue weighted by Crippen LogP contribution is -2.53. The molecule has 11 nitrogen and oxygen atoms in total. The average Bonchev–Trinajstić information content (AvgIpc) is 3.62. The highest BCUT2D eigenvalue weighted by atomic mass is 35.5. The van der Waals surface area contributed by atoms with Gasteiger partial charge in [-0.2, -0.15) is 5.01 Å². The molecule has 296 valence electrons. The first-order valence-corrected chi connectivity index (χ1v) is 19.4. The number of fused-ring (bicyclic) bond motifs is 4. The maximum atomic E-state index is 15.4. The van der Waals surface area contributed by atoms with Gasteiger partial charge in [0, 0.05) is 22.6 Å². The number of hydrogen-bond donors (Lipinski definition) is 3. The van der Waals surface area contributed by atoms with Crippen molar-refractivity contribution in [1.29, 1.82) is 0 Å². The van der Waals surface area contributed by atoms with Crippen LogP contribution >= 0.6 is 11.6 Å². The summed E-state index contributed by atoms with van der Waals surface area (Å²) in [5.41, 5.74) is 3.70. The topological polar surface area (TPSA) is 154 Å². The van der Waals surface area contributed by atoms with Gasteiger partial charge in [0.2, 0.25) is 11.8 Å².